The van der Waals surface area contributed by atoms with Gasteiger partial charge in [0, 0.05) is 37.6 Å². The van der Waals surface area contributed by atoms with E-state index >= 15 is 0 Å². The van der Waals surface area contributed by atoms with E-state index in [0.717, 1.165) is 39.0 Å². The summed E-state index contributed by atoms with van der Waals surface area (Å²) < 4.78 is 75.1. The molecule has 0 saturated carbocycles. The summed E-state index contributed by atoms with van der Waals surface area (Å²) in [6, 6.07) is 5.12. The predicted octanol–water partition coefficient (Wildman–Crippen LogP) is 3.33. The highest BCUT2D eigenvalue weighted by Gasteiger charge is 2.40. The Kier molecular flexibility index (Phi) is 12.1. The summed E-state index contributed by atoms with van der Waals surface area (Å²) in [5.41, 5.74) is 1.28. The number of alkyl halides is 6. The van der Waals surface area contributed by atoms with Crippen molar-refractivity contribution < 1.29 is 55.6 Å². The van der Waals surface area contributed by atoms with Gasteiger partial charge in [0.15, 0.2) is 0 Å². The first kappa shape index (κ1) is 30.3. The molecule has 1 aromatic heterocycles. The third-order valence-corrected chi connectivity index (χ3v) is 4.98. The maximum absolute atomic E-state index is 10.6. The second kappa shape index (κ2) is 14.0. The molecule has 0 bridgehead atoms. The fraction of sp³-hybridized carbons (Fsp3) is 0.571. The van der Waals surface area contributed by atoms with Crippen LogP contribution in [-0.2, 0) is 25.5 Å². The van der Waals surface area contributed by atoms with Crippen molar-refractivity contribution in [1.29, 1.82) is 0 Å². The summed E-state index contributed by atoms with van der Waals surface area (Å²) in [7, 11) is 0. The third kappa shape index (κ3) is 11.0. The van der Waals surface area contributed by atoms with Gasteiger partial charge in [-0.3, -0.25) is 9.88 Å². The van der Waals surface area contributed by atoms with Gasteiger partial charge in [-0.25, -0.2) is 9.59 Å². The zero-order valence-corrected chi connectivity index (χ0v) is 18.5. The molecule has 2 N–H and O–H groups in total. The number of carbonyl (C=O) groups is 2. The van der Waals surface area contributed by atoms with Gasteiger partial charge in [0.2, 0.25) is 0 Å². The number of hydrogen-bond acceptors (Lipinski definition) is 6. The van der Waals surface area contributed by atoms with Gasteiger partial charge in [-0.15, -0.1) is 6.58 Å². The van der Waals surface area contributed by atoms with Crippen LogP contribution in [0.15, 0.2) is 37.2 Å². The molecule has 2 fully saturated rings. The zero-order chi connectivity index (χ0) is 26.6. The van der Waals surface area contributed by atoms with Crippen molar-refractivity contribution >= 4 is 11.9 Å². The Morgan fingerprint density at radius 3 is 2.20 bits per heavy atom. The number of halogens is 6. The molecule has 3 atom stereocenters. The molecule has 0 aromatic carbocycles. The lowest BCUT2D eigenvalue weighted by Crippen LogP contribution is -2.44. The van der Waals surface area contributed by atoms with Gasteiger partial charge in [0.25, 0.3) is 0 Å². The molecule has 0 radical (unpaired) electrons. The standard InChI is InChI=1S/C17H24N2O2.2C2HF3O2/c1-2-9-21-17-5-8-19(15-6-10-20-13-15)16(17)11-14-4-3-7-18-12-14;2*3-2(4,5)1(6)7/h2-4,7,12,15-17H,1,5-6,8-11,13H2;2*(H,6,7)/t15?,16-,17+;;/m0../s1. The summed E-state index contributed by atoms with van der Waals surface area (Å²) in [5.74, 6) is -5.51. The first-order valence-corrected chi connectivity index (χ1v) is 10.3. The van der Waals surface area contributed by atoms with Crippen LogP contribution < -0.4 is 0 Å². The SMILES string of the molecule is C=CCO[C@@H]1CCN(C2CCOC2)[C@H]1Cc1cccnc1.O=C(O)C(F)(F)F.O=C(O)C(F)(F)F. The van der Waals surface area contributed by atoms with Gasteiger partial charge in [-0.1, -0.05) is 12.1 Å². The van der Waals surface area contributed by atoms with Gasteiger partial charge in [-0.05, 0) is 30.9 Å². The lowest BCUT2D eigenvalue weighted by Gasteiger charge is -2.32. The van der Waals surface area contributed by atoms with E-state index in [1.54, 1.807) is 0 Å². The van der Waals surface area contributed by atoms with Crippen LogP contribution in [0.4, 0.5) is 26.3 Å². The van der Waals surface area contributed by atoms with Crippen LogP contribution in [0, 0.1) is 0 Å². The summed E-state index contributed by atoms with van der Waals surface area (Å²) in [6.07, 6.45) is -1.04. The molecular weight excluding hydrogens is 490 g/mol. The molecule has 0 amide bonds. The number of aliphatic carboxylic acids is 2. The highest BCUT2D eigenvalue weighted by atomic mass is 19.4. The number of carboxylic acid groups (broad SMARTS) is 2. The van der Waals surface area contributed by atoms with Gasteiger partial charge >= 0.3 is 24.3 Å². The van der Waals surface area contributed by atoms with Gasteiger partial charge in [0.05, 0.1) is 19.3 Å². The minimum Gasteiger partial charge on any atom is -0.475 e. The van der Waals surface area contributed by atoms with Crippen molar-refractivity contribution in [3.63, 3.8) is 0 Å². The fourth-order valence-electron chi connectivity index (χ4n) is 3.48. The molecule has 1 unspecified atom stereocenters. The summed E-state index contributed by atoms with van der Waals surface area (Å²) in [5, 5.41) is 14.2. The molecule has 2 saturated heterocycles. The maximum atomic E-state index is 10.6. The van der Waals surface area contributed by atoms with Crippen LogP contribution in [0.3, 0.4) is 0 Å². The number of rotatable bonds is 6. The second-order valence-corrected chi connectivity index (χ2v) is 7.44. The Hall–Kier alpha value is -2.71. The molecule has 2 aliphatic heterocycles. The number of pyridine rings is 1. The summed E-state index contributed by atoms with van der Waals surface area (Å²) in [4.78, 5) is 24.6. The molecule has 14 heteroatoms. The molecule has 198 valence electrons. The van der Waals surface area contributed by atoms with Gasteiger partial charge in [0.1, 0.15) is 0 Å². The number of carboxylic acids is 2. The van der Waals surface area contributed by atoms with Crippen molar-refractivity contribution in [2.45, 2.75) is 49.8 Å². The normalized spacial score (nSPS) is 22.4. The number of hydrogen-bond donors (Lipinski definition) is 2. The van der Waals surface area contributed by atoms with Crippen LogP contribution in [0.25, 0.3) is 0 Å². The van der Waals surface area contributed by atoms with Crippen molar-refractivity contribution in [2.24, 2.45) is 0 Å². The lowest BCUT2D eigenvalue weighted by molar-refractivity contribution is -0.193. The molecule has 8 nitrogen and oxygen atoms in total. The van der Waals surface area contributed by atoms with Crippen LogP contribution >= 0.6 is 0 Å². The van der Waals surface area contributed by atoms with Crippen molar-refractivity contribution in [1.82, 2.24) is 9.88 Å². The van der Waals surface area contributed by atoms with E-state index in [9.17, 15) is 26.3 Å². The van der Waals surface area contributed by atoms with E-state index in [4.69, 9.17) is 29.3 Å². The number of aromatic nitrogens is 1. The first-order valence-electron chi connectivity index (χ1n) is 10.3. The minimum atomic E-state index is -5.08. The molecule has 1 aromatic rings. The maximum Gasteiger partial charge on any atom is 0.490 e. The average molecular weight is 516 g/mol. The zero-order valence-electron chi connectivity index (χ0n) is 18.5. The number of likely N-dealkylation sites (tertiary alicyclic amines) is 1. The van der Waals surface area contributed by atoms with E-state index in [2.05, 4.69) is 22.5 Å². The third-order valence-electron chi connectivity index (χ3n) is 4.98. The Morgan fingerprint density at radius 2 is 1.77 bits per heavy atom. The number of nitrogens with zero attached hydrogens (tertiary/aromatic N) is 2. The van der Waals surface area contributed by atoms with E-state index in [0.29, 0.717) is 18.7 Å². The molecule has 3 heterocycles. The van der Waals surface area contributed by atoms with Crippen LogP contribution in [0.1, 0.15) is 18.4 Å². The van der Waals surface area contributed by atoms with E-state index < -0.39 is 24.3 Å². The van der Waals surface area contributed by atoms with Gasteiger partial charge in [-0.2, -0.15) is 26.3 Å². The largest absolute Gasteiger partial charge is 0.490 e. The molecular formula is C21H26F6N2O6. The van der Waals surface area contributed by atoms with Gasteiger partial charge < -0.3 is 19.7 Å². The topological polar surface area (TPSA) is 109 Å². The van der Waals surface area contributed by atoms with Crippen molar-refractivity contribution in [3.8, 4) is 0 Å². The molecule has 2 aliphatic rings. The van der Waals surface area contributed by atoms with Crippen LogP contribution in [-0.4, -0.2) is 88.9 Å². The Labute approximate surface area is 197 Å². The van der Waals surface area contributed by atoms with Crippen LogP contribution in [0.5, 0.6) is 0 Å². The summed E-state index contributed by atoms with van der Waals surface area (Å²) >= 11 is 0. The molecule has 3 rings (SSSR count). The van der Waals surface area contributed by atoms with Crippen molar-refractivity contribution in [3.05, 3.63) is 42.7 Å². The predicted molar refractivity (Wildman–Crippen MR) is 110 cm³/mol. The molecule has 35 heavy (non-hydrogen) atoms. The monoisotopic (exact) mass is 516 g/mol. The van der Waals surface area contributed by atoms with E-state index in [1.807, 2.05) is 24.5 Å². The Balaban J connectivity index is 0.000000362. The highest BCUT2D eigenvalue weighted by molar-refractivity contribution is 5.73. The van der Waals surface area contributed by atoms with E-state index in [1.165, 1.54) is 5.56 Å². The minimum absolute atomic E-state index is 0.281. The fourth-order valence-corrected chi connectivity index (χ4v) is 3.48. The average Bonchev–Trinajstić information content (AvgIpc) is 3.42. The lowest BCUT2D eigenvalue weighted by atomic mass is 10.0. The second-order valence-electron chi connectivity index (χ2n) is 7.44. The molecule has 0 spiro atoms. The van der Waals surface area contributed by atoms with Crippen LogP contribution in [0.2, 0.25) is 0 Å². The van der Waals surface area contributed by atoms with Crippen molar-refractivity contribution in [2.75, 3.05) is 26.4 Å². The smallest absolute Gasteiger partial charge is 0.475 e. The first-order chi connectivity index (χ1) is 16.3. The summed E-state index contributed by atoms with van der Waals surface area (Å²) in [6.45, 7) is 7.23. The van der Waals surface area contributed by atoms with E-state index in [-0.39, 0.29) is 6.10 Å². The quantitative estimate of drug-likeness (QED) is 0.438. The Morgan fingerprint density at radius 1 is 1.17 bits per heavy atom. The number of ether oxygens (including phenoxy) is 2. The highest BCUT2D eigenvalue weighted by Crippen LogP contribution is 2.29. The Bertz CT molecular complexity index is 776. The molecule has 0 aliphatic carbocycles.